The molecule has 1 aliphatic heterocycles. The van der Waals surface area contributed by atoms with Gasteiger partial charge < -0.3 is 15.3 Å². The van der Waals surface area contributed by atoms with Crippen molar-refractivity contribution in [1.82, 2.24) is 5.32 Å². The van der Waals surface area contributed by atoms with Crippen molar-refractivity contribution >= 4 is 5.69 Å². The lowest BCUT2D eigenvalue weighted by molar-refractivity contribution is 0.219. The molecule has 0 spiro atoms. The minimum atomic E-state index is -0.761. The van der Waals surface area contributed by atoms with Gasteiger partial charge in [0.05, 0.1) is 24.3 Å². The first-order valence-electron chi connectivity index (χ1n) is 8.68. The second kappa shape index (κ2) is 8.26. The van der Waals surface area contributed by atoms with Gasteiger partial charge in [0.2, 0.25) is 0 Å². The van der Waals surface area contributed by atoms with Gasteiger partial charge in [0.25, 0.3) is 0 Å². The fourth-order valence-electron chi connectivity index (χ4n) is 3.41. The second-order valence-electron chi connectivity index (χ2n) is 6.46. The predicted molar refractivity (Wildman–Crippen MR) is 95.7 cm³/mol. The molecule has 6 heteroatoms. The summed E-state index contributed by atoms with van der Waals surface area (Å²) in [6.45, 7) is 1.22. The number of anilines is 1. The van der Waals surface area contributed by atoms with Crippen LogP contribution in [0, 0.1) is 23.0 Å². The number of nitriles is 1. The highest BCUT2D eigenvalue weighted by Gasteiger charge is 2.25. The largest absolute Gasteiger partial charge is 0.394 e. The van der Waals surface area contributed by atoms with Crippen LogP contribution in [-0.2, 0) is 0 Å². The lowest BCUT2D eigenvalue weighted by atomic mass is 10.00. The van der Waals surface area contributed by atoms with E-state index >= 15 is 0 Å². The predicted octanol–water partition coefficient (Wildman–Crippen LogP) is 3.13. The first-order chi connectivity index (χ1) is 12.6. The number of halogens is 2. The summed E-state index contributed by atoms with van der Waals surface area (Å²) in [5, 5.41) is 21.7. The summed E-state index contributed by atoms with van der Waals surface area (Å²) >= 11 is 0. The highest BCUT2D eigenvalue weighted by molar-refractivity contribution is 5.50. The van der Waals surface area contributed by atoms with Crippen molar-refractivity contribution < 1.29 is 13.9 Å². The van der Waals surface area contributed by atoms with Gasteiger partial charge in [-0.05, 0) is 49.2 Å². The summed E-state index contributed by atoms with van der Waals surface area (Å²) in [6.07, 6.45) is 1.60. The van der Waals surface area contributed by atoms with Crippen LogP contribution >= 0.6 is 0 Å². The second-order valence-corrected chi connectivity index (χ2v) is 6.46. The molecule has 26 heavy (non-hydrogen) atoms. The van der Waals surface area contributed by atoms with Crippen molar-refractivity contribution in [1.29, 1.82) is 5.26 Å². The maximum Gasteiger partial charge on any atom is 0.131 e. The number of rotatable bonds is 5. The van der Waals surface area contributed by atoms with Gasteiger partial charge in [-0.3, -0.25) is 0 Å². The van der Waals surface area contributed by atoms with Crippen LogP contribution < -0.4 is 10.2 Å². The minimum absolute atomic E-state index is 0.0702. The van der Waals surface area contributed by atoms with Gasteiger partial charge in [-0.1, -0.05) is 6.07 Å². The van der Waals surface area contributed by atoms with E-state index in [1.54, 1.807) is 12.1 Å². The molecule has 4 nitrogen and oxygen atoms in total. The van der Waals surface area contributed by atoms with Gasteiger partial charge in [0.15, 0.2) is 0 Å². The number of piperidine rings is 1. The summed E-state index contributed by atoms with van der Waals surface area (Å²) in [6, 6.07) is 12.6. The van der Waals surface area contributed by atoms with Crippen LogP contribution in [0.3, 0.4) is 0 Å². The zero-order valence-electron chi connectivity index (χ0n) is 14.3. The van der Waals surface area contributed by atoms with Crippen LogP contribution in [-0.4, -0.2) is 30.8 Å². The molecule has 1 aliphatic rings. The lowest BCUT2D eigenvalue weighted by Crippen LogP contribution is -2.44. The van der Waals surface area contributed by atoms with E-state index < -0.39 is 17.7 Å². The standard InChI is InChI=1S/C20H21F2N3O/c21-17-2-1-3-18(22)20(17)19(13-26)24-15-8-10-25(11-9-15)16-6-4-14(12-23)5-7-16/h1-7,15,19,24,26H,8-11,13H2. The summed E-state index contributed by atoms with van der Waals surface area (Å²) in [7, 11) is 0. The number of nitrogens with zero attached hydrogens (tertiary/aromatic N) is 2. The molecule has 0 saturated carbocycles. The van der Waals surface area contributed by atoms with Crippen molar-refractivity contribution in [3.63, 3.8) is 0 Å². The number of nitrogens with one attached hydrogen (secondary N) is 1. The summed E-state index contributed by atoms with van der Waals surface area (Å²) in [5.74, 6) is -1.29. The van der Waals surface area contributed by atoms with Gasteiger partial charge in [0, 0.05) is 30.4 Å². The zero-order chi connectivity index (χ0) is 18.5. The SMILES string of the molecule is N#Cc1ccc(N2CCC(NC(CO)c3c(F)cccc3F)CC2)cc1. The fourth-order valence-corrected chi connectivity index (χ4v) is 3.41. The smallest absolute Gasteiger partial charge is 0.131 e. The third kappa shape index (κ3) is 4.01. The molecule has 1 saturated heterocycles. The average Bonchev–Trinajstić information content (AvgIpc) is 2.67. The van der Waals surface area contributed by atoms with Crippen LogP contribution in [0.4, 0.5) is 14.5 Å². The van der Waals surface area contributed by atoms with E-state index in [-0.39, 0.29) is 18.2 Å². The van der Waals surface area contributed by atoms with Crippen LogP contribution in [0.25, 0.3) is 0 Å². The maximum atomic E-state index is 14.0. The Morgan fingerprint density at radius 2 is 1.73 bits per heavy atom. The van der Waals surface area contributed by atoms with E-state index in [1.807, 2.05) is 12.1 Å². The van der Waals surface area contributed by atoms with Crippen LogP contribution in [0.5, 0.6) is 0 Å². The van der Waals surface area contributed by atoms with E-state index in [4.69, 9.17) is 5.26 Å². The van der Waals surface area contributed by atoms with Crippen LogP contribution in [0.15, 0.2) is 42.5 Å². The molecule has 0 bridgehead atoms. The lowest BCUT2D eigenvalue weighted by Gasteiger charge is -2.35. The van der Waals surface area contributed by atoms with Gasteiger partial charge in [-0.2, -0.15) is 5.26 Å². The average molecular weight is 357 g/mol. The van der Waals surface area contributed by atoms with E-state index in [0.717, 1.165) is 31.6 Å². The first kappa shape index (κ1) is 18.3. The Kier molecular flexibility index (Phi) is 5.82. The van der Waals surface area contributed by atoms with Gasteiger partial charge in [0.1, 0.15) is 11.6 Å². The molecule has 3 rings (SSSR count). The molecule has 0 aliphatic carbocycles. The highest BCUT2D eigenvalue weighted by Crippen LogP contribution is 2.25. The van der Waals surface area contributed by atoms with Gasteiger partial charge >= 0.3 is 0 Å². The molecule has 2 aromatic carbocycles. The Balaban J connectivity index is 1.61. The Labute approximate surface area is 151 Å². The van der Waals surface area contributed by atoms with Crippen molar-refractivity contribution in [2.45, 2.75) is 24.9 Å². The van der Waals surface area contributed by atoms with E-state index in [0.29, 0.717) is 5.56 Å². The molecule has 0 aromatic heterocycles. The molecule has 2 N–H and O–H groups in total. The third-order valence-electron chi connectivity index (χ3n) is 4.82. The van der Waals surface area contributed by atoms with Gasteiger partial charge in [-0.25, -0.2) is 8.78 Å². The van der Waals surface area contributed by atoms with Crippen molar-refractivity contribution in [3.05, 3.63) is 65.2 Å². The van der Waals surface area contributed by atoms with E-state index in [1.165, 1.54) is 18.2 Å². The molecule has 1 heterocycles. The number of hydrogen-bond donors (Lipinski definition) is 2. The molecule has 1 atom stereocenters. The topological polar surface area (TPSA) is 59.3 Å². The Hall–Kier alpha value is -2.49. The summed E-state index contributed by atoms with van der Waals surface area (Å²) < 4.78 is 27.9. The molecule has 1 unspecified atom stereocenters. The van der Waals surface area contributed by atoms with Crippen molar-refractivity contribution in [2.75, 3.05) is 24.6 Å². The number of aliphatic hydroxyl groups excluding tert-OH is 1. The molecule has 1 fully saturated rings. The first-order valence-corrected chi connectivity index (χ1v) is 8.68. The van der Waals surface area contributed by atoms with Gasteiger partial charge in [-0.15, -0.1) is 0 Å². The highest BCUT2D eigenvalue weighted by atomic mass is 19.1. The monoisotopic (exact) mass is 357 g/mol. The third-order valence-corrected chi connectivity index (χ3v) is 4.82. The molecule has 136 valence electrons. The number of aliphatic hydroxyl groups is 1. The van der Waals surface area contributed by atoms with Crippen LogP contribution in [0.2, 0.25) is 0 Å². The molecule has 0 radical (unpaired) electrons. The normalized spacial score (nSPS) is 16.3. The Bertz CT molecular complexity index is 760. The Morgan fingerprint density at radius 1 is 1.12 bits per heavy atom. The molecular formula is C20H21F2N3O. The number of hydrogen-bond acceptors (Lipinski definition) is 4. The summed E-state index contributed by atoms with van der Waals surface area (Å²) in [5.41, 5.74) is 1.58. The molecular weight excluding hydrogens is 336 g/mol. The zero-order valence-corrected chi connectivity index (χ0v) is 14.3. The quantitative estimate of drug-likeness (QED) is 0.863. The summed E-state index contributed by atoms with van der Waals surface area (Å²) in [4.78, 5) is 2.22. The van der Waals surface area contributed by atoms with Crippen molar-refractivity contribution in [2.24, 2.45) is 0 Å². The molecule has 2 aromatic rings. The van der Waals surface area contributed by atoms with Crippen LogP contribution in [0.1, 0.15) is 30.0 Å². The Morgan fingerprint density at radius 3 is 2.27 bits per heavy atom. The van der Waals surface area contributed by atoms with E-state index in [9.17, 15) is 13.9 Å². The fraction of sp³-hybridized carbons (Fsp3) is 0.350. The van der Waals surface area contributed by atoms with Crippen molar-refractivity contribution in [3.8, 4) is 6.07 Å². The maximum absolute atomic E-state index is 14.0. The number of benzene rings is 2. The van der Waals surface area contributed by atoms with E-state index in [2.05, 4.69) is 16.3 Å². The minimum Gasteiger partial charge on any atom is -0.394 e. The molecule has 0 amide bonds.